The lowest BCUT2D eigenvalue weighted by Crippen LogP contribution is -2.09. The fourth-order valence-electron chi connectivity index (χ4n) is 1.03. The number of fused-ring (bicyclic) bond motifs is 1. The standard InChI is InChI=1S/C7H3ClF3N3/c8-6-13-4(7(9,10)11)3-5-12-1-2-14(5)6/h1-3H. The molecule has 2 rings (SSSR count). The molecule has 0 spiro atoms. The molecule has 0 fully saturated rings. The van der Waals surface area contributed by atoms with E-state index in [9.17, 15) is 13.2 Å². The van der Waals surface area contributed by atoms with Crippen molar-refractivity contribution in [3.63, 3.8) is 0 Å². The molecule has 0 unspecified atom stereocenters. The first-order valence-corrected chi connectivity index (χ1v) is 3.93. The van der Waals surface area contributed by atoms with Crippen molar-refractivity contribution in [1.29, 1.82) is 0 Å². The third kappa shape index (κ3) is 1.41. The van der Waals surface area contributed by atoms with Gasteiger partial charge < -0.3 is 0 Å². The number of alkyl halides is 3. The van der Waals surface area contributed by atoms with Gasteiger partial charge in [-0.3, -0.25) is 4.40 Å². The molecular weight excluding hydrogens is 219 g/mol. The summed E-state index contributed by atoms with van der Waals surface area (Å²) in [5.74, 6) is 0. The van der Waals surface area contributed by atoms with Crippen molar-refractivity contribution in [2.24, 2.45) is 0 Å². The van der Waals surface area contributed by atoms with E-state index >= 15 is 0 Å². The molecule has 0 saturated heterocycles. The highest BCUT2D eigenvalue weighted by Crippen LogP contribution is 2.29. The third-order valence-corrected chi connectivity index (χ3v) is 1.90. The maximum absolute atomic E-state index is 12.2. The fourth-order valence-corrected chi connectivity index (χ4v) is 1.26. The summed E-state index contributed by atoms with van der Waals surface area (Å²) >= 11 is 5.52. The predicted octanol–water partition coefficient (Wildman–Crippen LogP) is 2.40. The Morgan fingerprint density at radius 2 is 2.07 bits per heavy atom. The maximum Gasteiger partial charge on any atom is 0.433 e. The van der Waals surface area contributed by atoms with Crippen LogP contribution >= 0.6 is 11.6 Å². The summed E-state index contributed by atoms with van der Waals surface area (Å²) in [6.45, 7) is 0. The molecule has 14 heavy (non-hydrogen) atoms. The van der Waals surface area contributed by atoms with Crippen LogP contribution in [0.2, 0.25) is 5.28 Å². The van der Waals surface area contributed by atoms with Crippen LogP contribution in [0.5, 0.6) is 0 Å². The zero-order chi connectivity index (χ0) is 10.3. The van der Waals surface area contributed by atoms with Crippen molar-refractivity contribution in [3.05, 3.63) is 29.4 Å². The van der Waals surface area contributed by atoms with E-state index in [1.165, 1.54) is 16.8 Å². The predicted molar refractivity (Wildman–Crippen MR) is 43.0 cm³/mol. The highest BCUT2D eigenvalue weighted by Gasteiger charge is 2.33. The summed E-state index contributed by atoms with van der Waals surface area (Å²) in [7, 11) is 0. The van der Waals surface area contributed by atoms with Gasteiger partial charge in [-0.25, -0.2) is 9.97 Å². The van der Waals surface area contributed by atoms with Gasteiger partial charge in [0.15, 0.2) is 5.69 Å². The van der Waals surface area contributed by atoms with Crippen molar-refractivity contribution in [2.45, 2.75) is 6.18 Å². The van der Waals surface area contributed by atoms with Gasteiger partial charge in [-0.05, 0) is 11.6 Å². The number of halogens is 4. The van der Waals surface area contributed by atoms with E-state index in [4.69, 9.17) is 11.6 Å². The van der Waals surface area contributed by atoms with Crippen LogP contribution < -0.4 is 0 Å². The Bertz CT molecular complexity index is 476. The first-order valence-electron chi connectivity index (χ1n) is 3.55. The zero-order valence-electron chi connectivity index (χ0n) is 6.59. The molecule has 0 radical (unpaired) electrons. The summed E-state index contributed by atoms with van der Waals surface area (Å²) in [6.07, 6.45) is -1.72. The van der Waals surface area contributed by atoms with Gasteiger partial charge in [0, 0.05) is 18.5 Å². The largest absolute Gasteiger partial charge is 0.433 e. The Morgan fingerprint density at radius 1 is 1.36 bits per heavy atom. The lowest BCUT2D eigenvalue weighted by atomic mass is 10.4. The second kappa shape index (κ2) is 2.84. The number of hydrogen-bond acceptors (Lipinski definition) is 2. The molecule has 0 amide bonds. The second-order valence-corrected chi connectivity index (χ2v) is 2.90. The summed E-state index contributed by atoms with van der Waals surface area (Å²) < 4.78 is 38.0. The smallest absolute Gasteiger partial charge is 0.274 e. The van der Waals surface area contributed by atoms with Crippen LogP contribution in [-0.4, -0.2) is 14.4 Å². The van der Waals surface area contributed by atoms with E-state index in [0.717, 1.165) is 6.07 Å². The normalized spacial score (nSPS) is 12.3. The van der Waals surface area contributed by atoms with E-state index in [-0.39, 0.29) is 10.9 Å². The van der Waals surface area contributed by atoms with E-state index in [0.29, 0.717) is 0 Å². The van der Waals surface area contributed by atoms with Crippen LogP contribution in [0, 0.1) is 0 Å². The van der Waals surface area contributed by atoms with Gasteiger partial charge in [-0.15, -0.1) is 0 Å². The molecule has 74 valence electrons. The molecule has 2 aromatic rings. The van der Waals surface area contributed by atoms with Gasteiger partial charge in [-0.2, -0.15) is 13.2 Å². The van der Waals surface area contributed by atoms with Gasteiger partial charge in [-0.1, -0.05) is 0 Å². The van der Waals surface area contributed by atoms with Crippen LogP contribution in [-0.2, 0) is 6.18 Å². The third-order valence-electron chi connectivity index (χ3n) is 1.64. The summed E-state index contributed by atoms with van der Waals surface area (Å²) in [5, 5.41) is -0.257. The summed E-state index contributed by atoms with van der Waals surface area (Å²) in [4.78, 5) is 6.90. The topological polar surface area (TPSA) is 30.2 Å². The van der Waals surface area contributed by atoms with Gasteiger partial charge in [0.05, 0.1) is 0 Å². The molecular formula is C7H3ClF3N3. The highest BCUT2D eigenvalue weighted by atomic mass is 35.5. The average molecular weight is 222 g/mol. The van der Waals surface area contributed by atoms with Crippen LogP contribution in [0.4, 0.5) is 13.2 Å². The number of hydrogen-bond donors (Lipinski definition) is 0. The van der Waals surface area contributed by atoms with E-state index in [1.807, 2.05) is 0 Å². The van der Waals surface area contributed by atoms with Crippen molar-refractivity contribution in [1.82, 2.24) is 14.4 Å². The molecule has 0 aliphatic carbocycles. The number of imidazole rings is 1. The van der Waals surface area contributed by atoms with Crippen molar-refractivity contribution in [2.75, 3.05) is 0 Å². The molecule has 7 heteroatoms. The quantitative estimate of drug-likeness (QED) is 0.640. The van der Waals surface area contributed by atoms with Gasteiger partial charge in [0.25, 0.3) is 0 Å². The molecule has 0 aromatic carbocycles. The van der Waals surface area contributed by atoms with Crippen LogP contribution in [0.15, 0.2) is 18.5 Å². The molecule has 2 heterocycles. The summed E-state index contributed by atoms with van der Waals surface area (Å²) in [5.41, 5.74) is -0.918. The fraction of sp³-hybridized carbons (Fsp3) is 0.143. The van der Waals surface area contributed by atoms with Gasteiger partial charge in [0.1, 0.15) is 5.65 Å². The lowest BCUT2D eigenvalue weighted by molar-refractivity contribution is -0.141. The van der Waals surface area contributed by atoms with Crippen molar-refractivity contribution in [3.8, 4) is 0 Å². The Morgan fingerprint density at radius 3 is 2.71 bits per heavy atom. The van der Waals surface area contributed by atoms with E-state index in [1.54, 1.807) is 0 Å². The van der Waals surface area contributed by atoms with Crippen molar-refractivity contribution < 1.29 is 13.2 Å². The number of aromatic nitrogens is 3. The monoisotopic (exact) mass is 221 g/mol. The average Bonchev–Trinajstić information content (AvgIpc) is 2.50. The molecule has 0 aliphatic heterocycles. The van der Waals surface area contributed by atoms with Crippen LogP contribution in [0.3, 0.4) is 0 Å². The molecule has 0 bridgehead atoms. The number of nitrogens with zero attached hydrogens (tertiary/aromatic N) is 3. The highest BCUT2D eigenvalue weighted by molar-refractivity contribution is 6.28. The SMILES string of the molecule is FC(F)(F)c1cc2nccn2c(Cl)n1. The molecule has 0 saturated carbocycles. The molecule has 0 aliphatic rings. The molecule has 0 atom stereocenters. The Labute approximate surface area is 81.2 Å². The molecule has 3 nitrogen and oxygen atoms in total. The zero-order valence-corrected chi connectivity index (χ0v) is 7.34. The second-order valence-electron chi connectivity index (χ2n) is 2.56. The first kappa shape index (κ1) is 9.26. The van der Waals surface area contributed by atoms with Crippen LogP contribution in [0.1, 0.15) is 5.69 Å². The summed E-state index contributed by atoms with van der Waals surface area (Å²) in [6, 6.07) is 0.839. The molecule has 0 N–H and O–H groups in total. The lowest BCUT2D eigenvalue weighted by Gasteiger charge is -2.06. The maximum atomic E-state index is 12.2. The Balaban J connectivity index is 2.70. The van der Waals surface area contributed by atoms with E-state index < -0.39 is 11.9 Å². The minimum atomic E-state index is -4.50. The van der Waals surface area contributed by atoms with Gasteiger partial charge in [0.2, 0.25) is 5.28 Å². The van der Waals surface area contributed by atoms with Crippen molar-refractivity contribution >= 4 is 17.2 Å². The van der Waals surface area contributed by atoms with Gasteiger partial charge >= 0.3 is 6.18 Å². The Hall–Kier alpha value is -1.30. The minimum absolute atomic E-state index is 0.123. The molecule has 2 aromatic heterocycles. The van der Waals surface area contributed by atoms with Crippen LogP contribution in [0.25, 0.3) is 5.65 Å². The number of rotatable bonds is 0. The Kier molecular flexibility index (Phi) is 1.88. The first-order chi connectivity index (χ1) is 6.48. The van der Waals surface area contributed by atoms with E-state index in [2.05, 4.69) is 9.97 Å². The minimum Gasteiger partial charge on any atom is -0.274 e.